The van der Waals surface area contributed by atoms with Crippen LogP contribution < -0.4 is 5.32 Å². The maximum absolute atomic E-state index is 11.6. The maximum atomic E-state index is 11.6. The van der Waals surface area contributed by atoms with Gasteiger partial charge in [0.25, 0.3) is 5.91 Å². The molecule has 2 nitrogen and oxygen atoms in total. The highest BCUT2D eigenvalue weighted by atomic mass is 79.9. The summed E-state index contributed by atoms with van der Waals surface area (Å²) >= 11 is 10.6. The van der Waals surface area contributed by atoms with Crippen LogP contribution in [0.5, 0.6) is 0 Å². The summed E-state index contributed by atoms with van der Waals surface area (Å²) in [6, 6.07) is 1.75. The zero-order chi connectivity index (χ0) is 11.8. The maximum Gasteiger partial charge on any atom is 0.262 e. The second-order valence-corrected chi connectivity index (χ2v) is 5.57. The van der Waals surface area contributed by atoms with Gasteiger partial charge < -0.3 is 5.32 Å². The predicted octanol–water partition coefficient (Wildman–Crippen LogP) is 4.09. The standard InChI is InChI=1S/C11H15BrClNOS/c12-6-3-1-2-4-7-14-11(15)10-9(13)5-8-16-10/h5,8H,1-4,6-7H2,(H,14,15). The van der Waals surface area contributed by atoms with Crippen molar-refractivity contribution in [1.29, 1.82) is 0 Å². The van der Waals surface area contributed by atoms with Crippen molar-refractivity contribution in [3.8, 4) is 0 Å². The van der Waals surface area contributed by atoms with Crippen LogP contribution in [-0.2, 0) is 0 Å². The fourth-order valence-electron chi connectivity index (χ4n) is 1.31. The normalized spacial score (nSPS) is 10.4. The lowest BCUT2D eigenvalue weighted by Crippen LogP contribution is -2.23. The van der Waals surface area contributed by atoms with Gasteiger partial charge in [0.05, 0.1) is 5.02 Å². The average Bonchev–Trinajstić information content (AvgIpc) is 2.69. The van der Waals surface area contributed by atoms with Crippen molar-refractivity contribution >= 4 is 44.8 Å². The van der Waals surface area contributed by atoms with Gasteiger partial charge >= 0.3 is 0 Å². The van der Waals surface area contributed by atoms with Gasteiger partial charge in [-0.05, 0) is 24.3 Å². The van der Waals surface area contributed by atoms with Gasteiger partial charge in [0.15, 0.2) is 0 Å². The minimum Gasteiger partial charge on any atom is -0.351 e. The van der Waals surface area contributed by atoms with Crippen molar-refractivity contribution in [1.82, 2.24) is 5.32 Å². The van der Waals surface area contributed by atoms with E-state index in [1.54, 1.807) is 6.07 Å². The largest absolute Gasteiger partial charge is 0.351 e. The molecule has 0 aliphatic rings. The third-order valence-electron chi connectivity index (χ3n) is 2.17. The summed E-state index contributed by atoms with van der Waals surface area (Å²) in [4.78, 5) is 12.2. The van der Waals surface area contributed by atoms with E-state index in [-0.39, 0.29) is 5.91 Å². The SMILES string of the molecule is O=C(NCCCCCCBr)c1sccc1Cl. The molecule has 0 saturated heterocycles. The molecular formula is C11H15BrClNOS. The van der Waals surface area contributed by atoms with E-state index >= 15 is 0 Å². The Labute approximate surface area is 114 Å². The zero-order valence-electron chi connectivity index (χ0n) is 8.97. The van der Waals surface area contributed by atoms with Crippen LogP contribution in [0, 0.1) is 0 Å². The molecule has 0 radical (unpaired) electrons. The van der Waals surface area contributed by atoms with Crippen LogP contribution in [0.2, 0.25) is 5.02 Å². The summed E-state index contributed by atoms with van der Waals surface area (Å²) in [6.07, 6.45) is 4.59. The predicted molar refractivity (Wildman–Crippen MR) is 73.9 cm³/mol. The number of alkyl halides is 1. The smallest absolute Gasteiger partial charge is 0.262 e. The topological polar surface area (TPSA) is 29.1 Å². The van der Waals surface area contributed by atoms with Crippen LogP contribution >= 0.6 is 38.9 Å². The molecule has 0 aromatic carbocycles. The lowest BCUT2D eigenvalue weighted by atomic mass is 10.2. The van der Waals surface area contributed by atoms with Crippen LogP contribution in [0.1, 0.15) is 35.4 Å². The van der Waals surface area contributed by atoms with Crippen molar-refractivity contribution in [3.05, 3.63) is 21.3 Å². The molecule has 0 saturated carbocycles. The molecule has 5 heteroatoms. The first-order valence-corrected chi connectivity index (χ1v) is 7.70. The Morgan fingerprint density at radius 3 is 2.75 bits per heavy atom. The van der Waals surface area contributed by atoms with E-state index in [4.69, 9.17) is 11.6 Å². The van der Waals surface area contributed by atoms with Crippen molar-refractivity contribution in [2.75, 3.05) is 11.9 Å². The van der Waals surface area contributed by atoms with Gasteiger partial charge in [-0.1, -0.05) is 40.4 Å². The molecule has 1 aromatic rings. The fourth-order valence-corrected chi connectivity index (χ4v) is 2.76. The van der Waals surface area contributed by atoms with Crippen molar-refractivity contribution in [2.45, 2.75) is 25.7 Å². The molecule has 1 heterocycles. The van der Waals surface area contributed by atoms with Gasteiger partial charge in [-0.25, -0.2) is 0 Å². The minimum atomic E-state index is -0.0551. The highest BCUT2D eigenvalue weighted by Gasteiger charge is 2.10. The first-order chi connectivity index (χ1) is 7.75. The fraction of sp³-hybridized carbons (Fsp3) is 0.545. The average molecular weight is 325 g/mol. The Kier molecular flexibility index (Phi) is 7.08. The number of hydrogen-bond donors (Lipinski definition) is 1. The number of amides is 1. The van der Waals surface area contributed by atoms with Gasteiger partial charge in [-0.2, -0.15) is 0 Å². The summed E-state index contributed by atoms with van der Waals surface area (Å²) in [6.45, 7) is 0.731. The molecule has 1 rings (SSSR count). The van der Waals surface area contributed by atoms with Crippen LogP contribution in [0.15, 0.2) is 11.4 Å². The van der Waals surface area contributed by atoms with Crippen molar-refractivity contribution in [2.24, 2.45) is 0 Å². The number of thiophene rings is 1. The molecule has 1 amide bonds. The molecule has 0 aliphatic carbocycles. The van der Waals surface area contributed by atoms with E-state index in [0.29, 0.717) is 9.90 Å². The molecule has 1 N–H and O–H groups in total. The first kappa shape index (κ1) is 14.0. The second-order valence-electron chi connectivity index (χ2n) is 3.46. The lowest BCUT2D eigenvalue weighted by Gasteiger charge is -2.03. The van der Waals surface area contributed by atoms with Crippen LogP contribution in [0.25, 0.3) is 0 Å². The molecule has 0 aliphatic heterocycles. The number of hydrogen-bond acceptors (Lipinski definition) is 2. The molecule has 0 unspecified atom stereocenters. The molecule has 0 spiro atoms. The van der Waals surface area contributed by atoms with E-state index in [1.165, 1.54) is 24.2 Å². The number of unbranched alkanes of at least 4 members (excludes halogenated alkanes) is 3. The lowest BCUT2D eigenvalue weighted by molar-refractivity contribution is 0.0957. The molecule has 16 heavy (non-hydrogen) atoms. The Morgan fingerprint density at radius 1 is 1.38 bits per heavy atom. The summed E-state index contributed by atoms with van der Waals surface area (Å²) in [5.41, 5.74) is 0. The van der Waals surface area contributed by atoms with Gasteiger partial charge in [-0.15, -0.1) is 11.3 Å². The summed E-state index contributed by atoms with van der Waals surface area (Å²) in [5.74, 6) is -0.0551. The van der Waals surface area contributed by atoms with Crippen LogP contribution in [0.4, 0.5) is 0 Å². The van der Waals surface area contributed by atoms with Crippen LogP contribution in [0.3, 0.4) is 0 Å². The van der Waals surface area contributed by atoms with E-state index in [9.17, 15) is 4.79 Å². The van der Waals surface area contributed by atoms with Crippen molar-refractivity contribution < 1.29 is 4.79 Å². The first-order valence-electron chi connectivity index (χ1n) is 5.33. The summed E-state index contributed by atoms with van der Waals surface area (Å²) in [5, 5.41) is 6.31. The van der Waals surface area contributed by atoms with Gasteiger partial charge in [0.2, 0.25) is 0 Å². The van der Waals surface area contributed by atoms with Gasteiger partial charge in [0.1, 0.15) is 4.88 Å². The second kappa shape index (κ2) is 8.09. The summed E-state index contributed by atoms with van der Waals surface area (Å²) in [7, 11) is 0. The number of halogens is 2. The number of carbonyl (C=O) groups excluding carboxylic acids is 1. The Balaban J connectivity index is 2.14. The molecule has 0 fully saturated rings. The van der Waals surface area contributed by atoms with Gasteiger partial charge in [0, 0.05) is 11.9 Å². The molecule has 0 bridgehead atoms. The minimum absolute atomic E-state index is 0.0551. The van der Waals surface area contributed by atoms with E-state index in [1.807, 2.05) is 5.38 Å². The number of carbonyl (C=O) groups is 1. The third kappa shape index (κ3) is 4.85. The highest BCUT2D eigenvalue weighted by molar-refractivity contribution is 9.09. The number of rotatable bonds is 7. The highest BCUT2D eigenvalue weighted by Crippen LogP contribution is 2.21. The van der Waals surface area contributed by atoms with E-state index in [2.05, 4.69) is 21.2 Å². The zero-order valence-corrected chi connectivity index (χ0v) is 12.1. The van der Waals surface area contributed by atoms with Crippen LogP contribution in [-0.4, -0.2) is 17.8 Å². The Bertz CT molecular complexity index is 330. The molecule has 90 valence electrons. The molecule has 1 aromatic heterocycles. The summed E-state index contributed by atoms with van der Waals surface area (Å²) < 4.78 is 0. The molecular weight excluding hydrogens is 310 g/mol. The monoisotopic (exact) mass is 323 g/mol. The van der Waals surface area contributed by atoms with Gasteiger partial charge in [-0.3, -0.25) is 4.79 Å². The van der Waals surface area contributed by atoms with E-state index in [0.717, 1.165) is 24.7 Å². The Hall–Kier alpha value is -0.0600. The number of nitrogens with one attached hydrogen (secondary N) is 1. The third-order valence-corrected chi connectivity index (χ3v) is 4.07. The Morgan fingerprint density at radius 2 is 2.12 bits per heavy atom. The van der Waals surface area contributed by atoms with Crippen molar-refractivity contribution in [3.63, 3.8) is 0 Å². The quantitative estimate of drug-likeness (QED) is 0.594. The molecule has 0 atom stereocenters. The van der Waals surface area contributed by atoms with E-state index < -0.39 is 0 Å².